The van der Waals surface area contributed by atoms with Gasteiger partial charge >= 0.3 is 0 Å². The average Bonchev–Trinajstić information content (AvgIpc) is 3.97. The van der Waals surface area contributed by atoms with Gasteiger partial charge in [0.05, 0.1) is 44.7 Å². The van der Waals surface area contributed by atoms with Gasteiger partial charge < -0.3 is 13.7 Å². The predicted octanol–water partition coefficient (Wildman–Crippen LogP) is 14.7. The summed E-state index contributed by atoms with van der Waals surface area (Å²) in [6.07, 6.45) is 6.68. The Labute approximate surface area is 352 Å². The van der Waals surface area contributed by atoms with Crippen molar-refractivity contribution in [3.05, 3.63) is 211 Å². The second-order valence-electron chi connectivity index (χ2n) is 16.2. The number of pyridine rings is 1. The average molecular weight is 779 g/mol. The summed E-state index contributed by atoms with van der Waals surface area (Å²) < 4.78 is 7.38. The molecule has 4 heterocycles. The predicted molar refractivity (Wildman–Crippen MR) is 255 cm³/mol. The number of fused-ring (bicyclic) bond motifs is 11. The first kappa shape index (κ1) is 34.0. The molecule has 286 valence electrons. The lowest BCUT2D eigenvalue weighted by molar-refractivity contribution is 0.888. The van der Waals surface area contributed by atoms with E-state index in [1.165, 1.54) is 87.9 Å². The summed E-state index contributed by atoms with van der Waals surface area (Å²) in [4.78, 5) is 5.33. The molecule has 8 aromatic carbocycles. The van der Waals surface area contributed by atoms with E-state index in [4.69, 9.17) is 4.98 Å². The van der Waals surface area contributed by atoms with Crippen LogP contribution in [0.25, 0.3) is 111 Å². The van der Waals surface area contributed by atoms with Gasteiger partial charge in [0, 0.05) is 66.1 Å². The highest BCUT2D eigenvalue weighted by molar-refractivity contribution is 6.26. The first-order valence-electron chi connectivity index (χ1n) is 21.2. The van der Waals surface area contributed by atoms with Crippen LogP contribution in [0.3, 0.4) is 0 Å². The molecular weight excluding hydrogens is 741 g/mol. The van der Waals surface area contributed by atoms with E-state index in [0.717, 1.165) is 41.0 Å². The lowest BCUT2D eigenvalue weighted by Gasteiger charge is -2.15. The fourth-order valence-corrected chi connectivity index (χ4v) is 10.3. The first-order chi connectivity index (χ1) is 30.3. The summed E-state index contributed by atoms with van der Waals surface area (Å²) >= 11 is 0. The number of benzene rings is 8. The van der Waals surface area contributed by atoms with Gasteiger partial charge in [0.1, 0.15) is 0 Å². The standard InChI is InChI=1S/C57H38N4/c1-2-21-42-37(15-1)16-13-32-50(42)61-53-30-9-5-24-45(53)46-33-34-55-56(57(46)61)47-25-6-10-31-54(47)60(55)41-20-12-18-39(36-41)49-27-14-26-48(58-49)38-17-11-19-40(35-38)59-51-28-7-3-22-43(51)44-23-4-8-29-52(44)59/h1-7,9-28,30-36H,8,29H2. The van der Waals surface area contributed by atoms with Gasteiger partial charge in [-0.2, -0.15) is 0 Å². The third kappa shape index (κ3) is 5.09. The van der Waals surface area contributed by atoms with Crippen molar-refractivity contribution in [1.82, 2.24) is 18.7 Å². The minimum atomic E-state index is 0.943. The lowest BCUT2D eigenvalue weighted by atomic mass is 10.0. The van der Waals surface area contributed by atoms with Crippen molar-refractivity contribution in [2.24, 2.45) is 0 Å². The van der Waals surface area contributed by atoms with Crippen LogP contribution >= 0.6 is 0 Å². The van der Waals surface area contributed by atoms with Crippen LogP contribution in [0.1, 0.15) is 17.7 Å². The summed E-state index contributed by atoms with van der Waals surface area (Å²) in [5.74, 6) is 0. The maximum absolute atomic E-state index is 5.33. The highest BCUT2D eigenvalue weighted by Crippen LogP contribution is 2.43. The monoisotopic (exact) mass is 778 g/mol. The van der Waals surface area contributed by atoms with Gasteiger partial charge in [0.25, 0.3) is 0 Å². The van der Waals surface area contributed by atoms with E-state index in [-0.39, 0.29) is 0 Å². The smallest absolute Gasteiger partial charge is 0.0710 e. The molecule has 4 heteroatoms. The van der Waals surface area contributed by atoms with Crippen LogP contribution < -0.4 is 0 Å². The minimum absolute atomic E-state index is 0.943. The summed E-state index contributed by atoms with van der Waals surface area (Å²) in [6.45, 7) is 0. The Hall–Kier alpha value is -7.95. The molecule has 0 N–H and O–H groups in total. The van der Waals surface area contributed by atoms with E-state index in [1.54, 1.807) is 0 Å². The van der Waals surface area contributed by atoms with Crippen molar-refractivity contribution in [2.75, 3.05) is 0 Å². The molecule has 0 spiro atoms. The molecule has 0 unspecified atom stereocenters. The van der Waals surface area contributed by atoms with Crippen molar-refractivity contribution in [3.8, 4) is 39.6 Å². The van der Waals surface area contributed by atoms with Crippen LogP contribution in [0.2, 0.25) is 0 Å². The number of para-hydroxylation sites is 3. The van der Waals surface area contributed by atoms with Crippen LogP contribution in [-0.4, -0.2) is 18.7 Å². The zero-order valence-corrected chi connectivity index (χ0v) is 33.3. The molecule has 0 aliphatic heterocycles. The van der Waals surface area contributed by atoms with Crippen LogP contribution in [0.4, 0.5) is 0 Å². The Balaban J connectivity index is 0.969. The van der Waals surface area contributed by atoms with Crippen molar-refractivity contribution in [2.45, 2.75) is 12.8 Å². The molecule has 1 aliphatic rings. The maximum Gasteiger partial charge on any atom is 0.0710 e. The van der Waals surface area contributed by atoms with Crippen molar-refractivity contribution in [1.29, 1.82) is 0 Å². The third-order valence-corrected chi connectivity index (χ3v) is 12.9. The Bertz CT molecular complexity index is 3770. The maximum atomic E-state index is 5.33. The Morgan fingerprint density at radius 2 is 1.00 bits per heavy atom. The van der Waals surface area contributed by atoms with E-state index < -0.39 is 0 Å². The van der Waals surface area contributed by atoms with Gasteiger partial charge in [-0.25, -0.2) is 4.98 Å². The van der Waals surface area contributed by atoms with Crippen molar-refractivity contribution in [3.63, 3.8) is 0 Å². The van der Waals surface area contributed by atoms with Crippen molar-refractivity contribution >= 4 is 71.4 Å². The number of hydrogen-bond acceptors (Lipinski definition) is 1. The second-order valence-corrected chi connectivity index (χ2v) is 16.2. The fourth-order valence-electron chi connectivity index (χ4n) is 10.3. The Morgan fingerprint density at radius 1 is 0.410 bits per heavy atom. The quantitative estimate of drug-likeness (QED) is 0.171. The molecule has 0 radical (unpaired) electrons. The second kappa shape index (κ2) is 13.3. The molecule has 13 rings (SSSR count). The molecule has 0 fully saturated rings. The Kier molecular flexibility index (Phi) is 7.40. The number of allylic oxidation sites excluding steroid dienone is 1. The van der Waals surface area contributed by atoms with Gasteiger partial charge in [-0.15, -0.1) is 0 Å². The zero-order valence-electron chi connectivity index (χ0n) is 33.3. The SMILES string of the molecule is C1=Cc2c(n(-c3cccc(-c4cccc(-c5cccc(-n6c7ccccc7c7c6ccc6c8ccccc8n(-c8cccc9ccccc89)c67)c5)n4)c3)c3ccccc23)CC1. The molecule has 0 saturated carbocycles. The zero-order chi connectivity index (χ0) is 40.0. The fraction of sp³-hybridized carbons (Fsp3) is 0.0351. The number of aromatic nitrogens is 4. The van der Waals surface area contributed by atoms with E-state index in [2.05, 4.69) is 220 Å². The summed E-state index contributed by atoms with van der Waals surface area (Å²) in [5.41, 5.74) is 16.3. The van der Waals surface area contributed by atoms with Crippen LogP contribution in [0.15, 0.2) is 200 Å². The van der Waals surface area contributed by atoms with Gasteiger partial charge in [-0.3, -0.25) is 0 Å². The van der Waals surface area contributed by atoms with Gasteiger partial charge in [0.15, 0.2) is 0 Å². The molecule has 4 aromatic heterocycles. The van der Waals surface area contributed by atoms with E-state index >= 15 is 0 Å². The normalized spacial score (nSPS) is 12.7. The van der Waals surface area contributed by atoms with E-state index in [0.29, 0.717) is 0 Å². The molecule has 12 aromatic rings. The first-order valence-corrected chi connectivity index (χ1v) is 21.2. The van der Waals surface area contributed by atoms with E-state index in [1.807, 2.05) is 0 Å². The van der Waals surface area contributed by atoms with Crippen LogP contribution in [0.5, 0.6) is 0 Å². The number of nitrogens with zero attached hydrogens (tertiary/aromatic N) is 4. The molecule has 0 saturated heterocycles. The van der Waals surface area contributed by atoms with E-state index in [9.17, 15) is 0 Å². The molecule has 0 amide bonds. The number of rotatable bonds is 5. The Morgan fingerprint density at radius 3 is 1.77 bits per heavy atom. The largest absolute Gasteiger partial charge is 0.313 e. The summed E-state index contributed by atoms with van der Waals surface area (Å²) in [6, 6.07) is 70.6. The van der Waals surface area contributed by atoms with Crippen LogP contribution in [-0.2, 0) is 6.42 Å². The topological polar surface area (TPSA) is 27.7 Å². The highest BCUT2D eigenvalue weighted by Gasteiger charge is 2.22. The van der Waals surface area contributed by atoms with Gasteiger partial charge in [0.2, 0.25) is 0 Å². The summed E-state index contributed by atoms with van der Waals surface area (Å²) in [7, 11) is 0. The van der Waals surface area contributed by atoms with Gasteiger partial charge in [-0.1, -0.05) is 140 Å². The third-order valence-electron chi connectivity index (χ3n) is 12.9. The van der Waals surface area contributed by atoms with Gasteiger partial charge in [-0.05, 0) is 85.0 Å². The lowest BCUT2D eigenvalue weighted by Crippen LogP contribution is -2.03. The highest BCUT2D eigenvalue weighted by atomic mass is 15.0. The summed E-state index contributed by atoms with van der Waals surface area (Å²) in [5, 5.41) is 8.74. The molecule has 0 bridgehead atoms. The molecule has 61 heavy (non-hydrogen) atoms. The minimum Gasteiger partial charge on any atom is -0.313 e. The molecular formula is C57H38N4. The number of hydrogen-bond donors (Lipinski definition) is 0. The molecule has 0 atom stereocenters. The molecule has 1 aliphatic carbocycles. The van der Waals surface area contributed by atoms with Crippen LogP contribution in [0, 0.1) is 0 Å². The van der Waals surface area contributed by atoms with Crippen molar-refractivity contribution < 1.29 is 0 Å². The molecule has 4 nitrogen and oxygen atoms in total.